The summed E-state index contributed by atoms with van der Waals surface area (Å²) in [6.45, 7) is 9.36. The third-order valence-electron chi connectivity index (χ3n) is 4.15. The molecule has 1 aromatic rings. The molecule has 0 spiro atoms. The second-order valence-electron chi connectivity index (χ2n) is 6.34. The molecule has 0 aliphatic carbocycles. The number of ketones is 1. The lowest BCUT2D eigenvalue weighted by Gasteiger charge is -2.17. The van der Waals surface area contributed by atoms with E-state index in [-0.39, 0.29) is 23.8 Å². The van der Waals surface area contributed by atoms with Crippen LogP contribution in [-0.4, -0.2) is 50.2 Å². The van der Waals surface area contributed by atoms with Gasteiger partial charge in [-0.15, -0.1) is 0 Å². The Morgan fingerprint density at radius 3 is 2.56 bits per heavy atom. The number of hydrogen-bond acceptors (Lipinski definition) is 6. The summed E-state index contributed by atoms with van der Waals surface area (Å²) >= 11 is 0. The van der Waals surface area contributed by atoms with Gasteiger partial charge in [-0.3, -0.25) is 14.5 Å². The van der Waals surface area contributed by atoms with Gasteiger partial charge < -0.3 is 15.5 Å². The van der Waals surface area contributed by atoms with Crippen molar-refractivity contribution in [3.05, 3.63) is 41.0 Å². The van der Waals surface area contributed by atoms with E-state index in [1.54, 1.807) is 19.2 Å². The predicted octanol–water partition coefficient (Wildman–Crippen LogP) is 1.71. The molecule has 1 heterocycles. The number of allylic oxidation sites excluding steroid dienone is 1. The maximum absolute atomic E-state index is 12.6. The van der Waals surface area contributed by atoms with Crippen LogP contribution in [0, 0.1) is 13.8 Å². The van der Waals surface area contributed by atoms with E-state index in [0.29, 0.717) is 17.8 Å². The third-order valence-corrected chi connectivity index (χ3v) is 4.15. The number of ether oxygens (including phenoxy) is 1. The van der Waals surface area contributed by atoms with Crippen molar-refractivity contribution >= 4 is 29.7 Å². The van der Waals surface area contributed by atoms with Gasteiger partial charge in [0, 0.05) is 30.8 Å². The zero-order valence-electron chi connectivity index (χ0n) is 16.0. The largest absolute Gasteiger partial charge is 0.442 e. The van der Waals surface area contributed by atoms with Crippen LogP contribution in [0.1, 0.15) is 28.4 Å². The van der Waals surface area contributed by atoms with Gasteiger partial charge in [0.05, 0.1) is 19.3 Å². The minimum absolute atomic E-state index is 0.180. The first-order valence-electron chi connectivity index (χ1n) is 8.51. The van der Waals surface area contributed by atoms with Gasteiger partial charge >= 0.3 is 6.09 Å². The monoisotopic (exact) mass is 372 g/mol. The van der Waals surface area contributed by atoms with Crippen LogP contribution in [0.5, 0.6) is 0 Å². The van der Waals surface area contributed by atoms with Crippen molar-refractivity contribution in [3.63, 3.8) is 0 Å². The van der Waals surface area contributed by atoms with E-state index >= 15 is 0 Å². The van der Waals surface area contributed by atoms with Crippen LogP contribution in [0.15, 0.2) is 29.4 Å². The minimum Gasteiger partial charge on any atom is -0.442 e. The molecule has 8 nitrogen and oxygen atoms in total. The average molecular weight is 372 g/mol. The molecule has 0 radical (unpaired) electrons. The molecule has 8 heteroatoms. The van der Waals surface area contributed by atoms with E-state index in [1.165, 1.54) is 18.0 Å². The van der Waals surface area contributed by atoms with Gasteiger partial charge in [-0.2, -0.15) is 5.10 Å². The Morgan fingerprint density at radius 2 is 2.00 bits per heavy atom. The Kier molecular flexibility index (Phi) is 6.33. The molecular weight excluding hydrogens is 348 g/mol. The van der Waals surface area contributed by atoms with E-state index in [0.717, 1.165) is 11.1 Å². The van der Waals surface area contributed by atoms with Crippen molar-refractivity contribution in [1.82, 2.24) is 10.7 Å². The first-order chi connectivity index (χ1) is 12.7. The van der Waals surface area contributed by atoms with E-state index in [2.05, 4.69) is 22.4 Å². The van der Waals surface area contributed by atoms with E-state index in [9.17, 15) is 14.4 Å². The molecule has 1 aliphatic rings. The van der Waals surface area contributed by atoms with E-state index < -0.39 is 12.2 Å². The van der Waals surface area contributed by atoms with Crippen molar-refractivity contribution in [2.45, 2.75) is 26.9 Å². The fourth-order valence-electron chi connectivity index (χ4n) is 2.91. The van der Waals surface area contributed by atoms with Gasteiger partial charge in [-0.1, -0.05) is 6.58 Å². The quantitative estimate of drug-likeness (QED) is 0.328. The highest BCUT2D eigenvalue weighted by molar-refractivity contribution is 6.22. The van der Waals surface area contributed by atoms with Gasteiger partial charge in [-0.25, -0.2) is 4.79 Å². The highest BCUT2D eigenvalue weighted by Gasteiger charge is 2.33. The number of hydrazone groups is 1. The lowest BCUT2D eigenvalue weighted by Crippen LogP contribution is -2.33. The zero-order valence-corrected chi connectivity index (χ0v) is 16.0. The van der Waals surface area contributed by atoms with Crippen molar-refractivity contribution < 1.29 is 19.1 Å². The summed E-state index contributed by atoms with van der Waals surface area (Å²) in [6.07, 6.45) is 0.481. The van der Waals surface area contributed by atoms with Crippen molar-refractivity contribution in [2.24, 2.45) is 5.10 Å². The topological polar surface area (TPSA) is 100 Å². The molecule has 0 saturated carbocycles. The molecule has 1 aliphatic heterocycles. The number of rotatable bonds is 7. The molecule has 0 bridgehead atoms. The molecule has 2 amide bonds. The van der Waals surface area contributed by atoms with Crippen molar-refractivity contribution in [3.8, 4) is 0 Å². The number of anilines is 1. The number of amides is 2. The fourth-order valence-corrected chi connectivity index (χ4v) is 2.91. The summed E-state index contributed by atoms with van der Waals surface area (Å²) < 4.78 is 5.29. The first-order valence-corrected chi connectivity index (χ1v) is 8.51. The number of nitrogens with zero attached hydrogens (tertiary/aromatic N) is 2. The fraction of sp³-hybridized carbons (Fsp3) is 0.368. The van der Waals surface area contributed by atoms with Crippen LogP contribution >= 0.6 is 0 Å². The van der Waals surface area contributed by atoms with Crippen LogP contribution in [0.25, 0.3) is 0 Å². The van der Waals surface area contributed by atoms with Gasteiger partial charge in [0.15, 0.2) is 5.78 Å². The molecule has 1 unspecified atom stereocenters. The molecule has 1 saturated heterocycles. The second kappa shape index (κ2) is 8.48. The lowest BCUT2D eigenvalue weighted by atomic mass is 9.94. The molecule has 2 N–H and O–H groups in total. The summed E-state index contributed by atoms with van der Waals surface area (Å²) in [4.78, 5) is 37.3. The molecule has 1 atom stereocenters. The van der Waals surface area contributed by atoms with Crippen LogP contribution < -0.4 is 15.6 Å². The summed E-state index contributed by atoms with van der Waals surface area (Å²) in [5.41, 5.74) is 5.48. The Labute approximate surface area is 158 Å². The molecule has 27 heavy (non-hydrogen) atoms. The Bertz CT molecular complexity index is 793. The molecule has 0 aromatic heterocycles. The van der Waals surface area contributed by atoms with Gasteiger partial charge in [0.25, 0.3) is 0 Å². The molecule has 144 valence electrons. The normalized spacial score (nSPS) is 16.4. The van der Waals surface area contributed by atoms with Crippen LogP contribution in [0.3, 0.4) is 0 Å². The van der Waals surface area contributed by atoms with Crippen molar-refractivity contribution in [2.75, 3.05) is 25.0 Å². The molecule has 2 rings (SSSR count). The van der Waals surface area contributed by atoms with E-state index in [4.69, 9.17) is 4.74 Å². The number of aryl methyl sites for hydroxylation is 2. The zero-order chi connectivity index (χ0) is 20.1. The summed E-state index contributed by atoms with van der Waals surface area (Å²) in [5, 5.41) is 6.45. The van der Waals surface area contributed by atoms with E-state index in [1.807, 2.05) is 13.8 Å². The van der Waals surface area contributed by atoms with Crippen LogP contribution in [-0.2, 0) is 9.53 Å². The third kappa shape index (κ3) is 4.72. The van der Waals surface area contributed by atoms with Gasteiger partial charge in [-0.05, 0) is 37.1 Å². The van der Waals surface area contributed by atoms with Crippen molar-refractivity contribution in [1.29, 1.82) is 0 Å². The first kappa shape index (κ1) is 20.2. The lowest BCUT2D eigenvalue weighted by molar-refractivity contribution is -0.119. The Balaban J connectivity index is 2.22. The average Bonchev–Trinajstić information content (AvgIpc) is 2.97. The summed E-state index contributed by atoms with van der Waals surface area (Å²) in [7, 11) is 1.63. The standard InChI is InChI=1S/C19H24N4O4/c1-11-6-15(23-10-16(27-19(23)26)9-21-14(4)24)7-12(2)17(11)18(25)13(3)8-22-20-5/h6-8,16,20H,3,9-10H2,1-2,4-5H3,(H,21,24)/b22-8-. The highest BCUT2D eigenvalue weighted by atomic mass is 16.6. The Morgan fingerprint density at radius 1 is 1.37 bits per heavy atom. The predicted molar refractivity (Wildman–Crippen MR) is 103 cm³/mol. The van der Waals surface area contributed by atoms with Gasteiger partial charge in [0.2, 0.25) is 5.91 Å². The molecule has 1 fully saturated rings. The maximum Gasteiger partial charge on any atom is 0.414 e. The highest BCUT2D eigenvalue weighted by Crippen LogP contribution is 2.28. The number of benzene rings is 1. The molecule has 1 aromatic carbocycles. The minimum atomic E-state index is -0.478. The Hall–Kier alpha value is -3.16. The summed E-state index contributed by atoms with van der Waals surface area (Å²) in [5.74, 6) is -0.399. The van der Waals surface area contributed by atoms with Crippen LogP contribution in [0.2, 0.25) is 0 Å². The number of carbonyl (C=O) groups excluding carboxylic acids is 3. The van der Waals surface area contributed by atoms with Crippen LogP contribution in [0.4, 0.5) is 10.5 Å². The number of hydrogen-bond donors (Lipinski definition) is 2. The number of cyclic esters (lactones) is 1. The number of carbonyl (C=O) groups is 3. The number of Topliss-reactive ketones (excluding diaryl/α,β-unsaturated/α-hetero) is 1. The van der Waals surface area contributed by atoms with Gasteiger partial charge in [0.1, 0.15) is 6.10 Å². The maximum atomic E-state index is 12.6. The smallest absolute Gasteiger partial charge is 0.414 e. The summed E-state index contributed by atoms with van der Waals surface area (Å²) in [6, 6.07) is 3.54. The second-order valence-corrected chi connectivity index (χ2v) is 6.34. The molecular formula is C19H24N4O4. The SMILES string of the molecule is C=C(/C=N\NC)C(=O)c1c(C)cc(N2CC(CNC(C)=O)OC2=O)cc1C. The number of nitrogens with one attached hydrogen (secondary N) is 2.